The Kier molecular flexibility index (Phi) is 3.82. The summed E-state index contributed by atoms with van der Waals surface area (Å²) in [4.78, 5) is 0. The summed E-state index contributed by atoms with van der Waals surface area (Å²) in [7, 11) is 1.95. The van der Waals surface area contributed by atoms with E-state index < -0.39 is 0 Å². The fourth-order valence-electron chi connectivity index (χ4n) is 2.31. The minimum Gasteiger partial charge on any atom is -0.305 e. The Balaban J connectivity index is 2.41. The van der Waals surface area contributed by atoms with Crippen molar-refractivity contribution in [3.05, 3.63) is 52.8 Å². The van der Waals surface area contributed by atoms with Gasteiger partial charge >= 0.3 is 0 Å². The van der Waals surface area contributed by atoms with E-state index in [4.69, 9.17) is 0 Å². The van der Waals surface area contributed by atoms with Crippen molar-refractivity contribution in [2.75, 3.05) is 6.54 Å². The summed E-state index contributed by atoms with van der Waals surface area (Å²) in [5.41, 5.74) is 4.99. The maximum absolute atomic E-state index is 4.52. The third kappa shape index (κ3) is 2.62. The lowest BCUT2D eigenvalue weighted by Gasteiger charge is -2.19. The van der Waals surface area contributed by atoms with Gasteiger partial charge in [0.2, 0.25) is 0 Å². The van der Waals surface area contributed by atoms with Crippen LogP contribution in [0.3, 0.4) is 0 Å². The number of hydrogen-bond donors (Lipinski definition) is 1. The van der Waals surface area contributed by atoms with Crippen molar-refractivity contribution in [2.24, 2.45) is 7.05 Å². The molecular weight excluding hydrogens is 222 g/mol. The average molecular weight is 243 g/mol. The molecule has 0 amide bonds. The first kappa shape index (κ1) is 12.8. The van der Waals surface area contributed by atoms with E-state index in [0.717, 1.165) is 12.2 Å². The second-order valence-electron chi connectivity index (χ2n) is 4.77. The minimum absolute atomic E-state index is 0.178. The number of benzene rings is 1. The molecule has 0 bridgehead atoms. The summed E-state index contributed by atoms with van der Waals surface area (Å²) in [6, 6.07) is 8.84. The fraction of sp³-hybridized carbons (Fsp3) is 0.400. The van der Waals surface area contributed by atoms with E-state index in [1.54, 1.807) is 0 Å². The monoisotopic (exact) mass is 243 g/mol. The fourth-order valence-corrected chi connectivity index (χ4v) is 2.31. The summed E-state index contributed by atoms with van der Waals surface area (Å²) in [6.45, 7) is 7.34. The van der Waals surface area contributed by atoms with E-state index in [9.17, 15) is 0 Å². The van der Waals surface area contributed by atoms with Crippen LogP contribution in [0.4, 0.5) is 0 Å². The van der Waals surface area contributed by atoms with Gasteiger partial charge in [0.05, 0.1) is 11.7 Å². The van der Waals surface area contributed by atoms with E-state index in [2.05, 4.69) is 55.5 Å². The van der Waals surface area contributed by atoms with Crippen LogP contribution in [-0.4, -0.2) is 16.3 Å². The van der Waals surface area contributed by atoms with E-state index in [-0.39, 0.29) is 6.04 Å². The first-order valence-electron chi connectivity index (χ1n) is 6.42. The van der Waals surface area contributed by atoms with Crippen molar-refractivity contribution in [1.82, 2.24) is 15.1 Å². The summed E-state index contributed by atoms with van der Waals surface area (Å²) >= 11 is 0. The standard InChI is InChI=1S/C15H21N3/c1-5-16-15(14-8-9-18(4)17-14)13-7-6-11(2)10-12(13)3/h6-10,15-16H,5H2,1-4H3. The van der Waals surface area contributed by atoms with Gasteiger partial charge in [0.1, 0.15) is 0 Å². The molecule has 0 aliphatic carbocycles. The van der Waals surface area contributed by atoms with Crippen LogP contribution in [0.2, 0.25) is 0 Å². The molecule has 0 radical (unpaired) electrons. The van der Waals surface area contributed by atoms with E-state index in [1.165, 1.54) is 16.7 Å². The van der Waals surface area contributed by atoms with Gasteiger partial charge in [-0.3, -0.25) is 4.68 Å². The molecule has 0 saturated carbocycles. The maximum Gasteiger partial charge on any atom is 0.0839 e. The zero-order valence-corrected chi connectivity index (χ0v) is 11.6. The largest absolute Gasteiger partial charge is 0.305 e. The van der Waals surface area contributed by atoms with Crippen molar-refractivity contribution in [3.8, 4) is 0 Å². The molecule has 0 aliphatic heterocycles. The molecule has 1 N–H and O–H groups in total. The van der Waals surface area contributed by atoms with Crippen molar-refractivity contribution >= 4 is 0 Å². The molecule has 1 atom stereocenters. The predicted molar refractivity (Wildman–Crippen MR) is 74.6 cm³/mol. The minimum atomic E-state index is 0.178. The molecule has 1 aromatic heterocycles. The second kappa shape index (κ2) is 5.36. The van der Waals surface area contributed by atoms with Gasteiger partial charge in [0, 0.05) is 13.2 Å². The Hall–Kier alpha value is -1.61. The van der Waals surface area contributed by atoms with Gasteiger partial charge in [0.25, 0.3) is 0 Å². The quantitative estimate of drug-likeness (QED) is 0.895. The number of hydrogen-bond acceptors (Lipinski definition) is 2. The van der Waals surface area contributed by atoms with Gasteiger partial charge in [-0.1, -0.05) is 30.7 Å². The molecule has 2 rings (SSSR count). The number of nitrogens with one attached hydrogen (secondary N) is 1. The van der Waals surface area contributed by atoms with Crippen LogP contribution < -0.4 is 5.32 Å². The predicted octanol–water partition coefficient (Wildman–Crippen LogP) is 2.74. The van der Waals surface area contributed by atoms with E-state index in [1.807, 2.05) is 17.9 Å². The molecule has 3 heteroatoms. The molecule has 0 fully saturated rings. The van der Waals surface area contributed by atoms with Crippen LogP contribution in [0.5, 0.6) is 0 Å². The Bertz CT molecular complexity index is 528. The third-order valence-electron chi connectivity index (χ3n) is 3.17. The average Bonchev–Trinajstić information content (AvgIpc) is 2.73. The van der Waals surface area contributed by atoms with Gasteiger partial charge in [-0.15, -0.1) is 0 Å². The summed E-state index contributed by atoms with van der Waals surface area (Å²) < 4.78 is 1.85. The highest BCUT2D eigenvalue weighted by Gasteiger charge is 2.17. The Morgan fingerprint density at radius 3 is 2.61 bits per heavy atom. The maximum atomic E-state index is 4.52. The summed E-state index contributed by atoms with van der Waals surface area (Å²) in [5.74, 6) is 0. The van der Waals surface area contributed by atoms with Crippen molar-refractivity contribution in [2.45, 2.75) is 26.8 Å². The molecular formula is C15H21N3. The molecule has 3 nitrogen and oxygen atoms in total. The lowest BCUT2D eigenvalue weighted by molar-refractivity contribution is 0.597. The SMILES string of the molecule is CCNC(c1ccn(C)n1)c1ccc(C)cc1C. The van der Waals surface area contributed by atoms with Crippen LogP contribution in [0.25, 0.3) is 0 Å². The Labute approximate surface area is 109 Å². The zero-order valence-electron chi connectivity index (χ0n) is 11.6. The molecule has 1 aromatic carbocycles. The number of aromatic nitrogens is 2. The molecule has 18 heavy (non-hydrogen) atoms. The molecule has 0 spiro atoms. The lowest BCUT2D eigenvalue weighted by Crippen LogP contribution is -2.23. The topological polar surface area (TPSA) is 29.9 Å². The van der Waals surface area contributed by atoms with Crippen LogP contribution >= 0.6 is 0 Å². The summed E-state index contributed by atoms with van der Waals surface area (Å²) in [5, 5.41) is 8.04. The molecule has 0 saturated heterocycles. The molecule has 0 aliphatic rings. The van der Waals surface area contributed by atoms with Crippen molar-refractivity contribution in [1.29, 1.82) is 0 Å². The van der Waals surface area contributed by atoms with E-state index in [0.29, 0.717) is 0 Å². The highest BCUT2D eigenvalue weighted by Crippen LogP contribution is 2.24. The van der Waals surface area contributed by atoms with Gasteiger partial charge in [-0.2, -0.15) is 5.10 Å². The highest BCUT2D eigenvalue weighted by molar-refractivity contribution is 5.36. The second-order valence-corrected chi connectivity index (χ2v) is 4.77. The molecule has 2 aromatic rings. The molecule has 1 unspecified atom stereocenters. The lowest BCUT2D eigenvalue weighted by atomic mass is 9.97. The zero-order chi connectivity index (χ0) is 13.1. The molecule has 1 heterocycles. The van der Waals surface area contributed by atoms with Gasteiger partial charge < -0.3 is 5.32 Å². The smallest absolute Gasteiger partial charge is 0.0839 e. The molecule has 96 valence electrons. The first-order valence-corrected chi connectivity index (χ1v) is 6.42. The van der Waals surface area contributed by atoms with E-state index >= 15 is 0 Å². The Morgan fingerprint density at radius 1 is 1.28 bits per heavy atom. The van der Waals surface area contributed by atoms with Gasteiger partial charge in [0.15, 0.2) is 0 Å². The van der Waals surface area contributed by atoms with Crippen molar-refractivity contribution in [3.63, 3.8) is 0 Å². The number of rotatable bonds is 4. The first-order chi connectivity index (χ1) is 8.61. The van der Waals surface area contributed by atoms with Gasteiger partial charge in [-0.05, 0) is 37.6 Å². The van der Waals surface area contributed by atoms with Crippen molar-refractivity contribution < 1.29 is 0 Å². The number of aryl methyl sites for hydroxylation is 3. The van der Waals surface area contributed by atoms with Gasteiger partial charge in [-0.25, -0.2) is 0 Å². The van der Waals surface area contributed by atoms with Crippen LogP contribution in [0.15, 0.2) is 30.5 Å². The normalized spacial score (nSPS) is 12.7. The summed E-state index contributed by atoms with van der Waals surface area (Å²) in [6.07, 6.45) is 1.99. The van der Waals surface area contributed by atoms with Crippen LogP contribution in [0.1, 0.15) is 35.3 Å². The van der Waals surface area contributed by atoms with Crippen LogP contribution in [0, 0.1) is 13.8 Å². The number of nitrogens with zero attached hydrogens (tertiary/aromatic N) is 2. The highest BCUT2D eigenvalue weighted by atomic mass is 15.3. The van der Waals surface area contributed by atoms with Crippen LogP contribution in [-0.2, 0) is 7.05 Å². The third-order valence-corrected chi connectivity index (χ3v) is 3.17. The Morgan fingerprint density at radius 2 is 2.06 bits per heavy atom.